The fourth-order valence-electron chi connectivity index (χ4n) is 5.16. The molecule has 1 nitrogen and oxygen atoms in total. The Labute approximate surface area is 203 Å². The summed E-state index contributed by atoms with van der Waals surface area (Å²) in [5, 5.41) is 3.68. The van der Waals surface area contributed by atoms with E-state index in [2.05, 4.69) is 103 Å². The molecule has 0 heterocycles. The zero-order valence-corrected chi connectivity index (χ0v) is 22.1. The molecule has 0 bridgehead atoms. The van der Waals surface area contributed by atoms with Crippen LogP contribution in [0.3, 0.4) is 0 Å². The first-order chi connectivity index (χ1) is 15.7. The summed E-state index contributed by atoms with van der Waals surface area (Å²) in [6, 6.07) is 14.0. The molecule has 0 amide bonds. The van der Waals surface area contributed by atoms with Crippen molar-refractivity contribution in [3.8, 4) is 0 Å². The summed E-state index contributed by atoms with van der Waals surface area (Å²) in [7, 11) is 0. The lowest BCUT2D eigenvalue weighted by atomic mass is 9.69. The van der Waals surface area contributed by atoms with Gasteiger partial charge in [0.05, 0.1) is 0 Å². The number of hydrogen-bond donors (Lipinski definition) is 1. The van der Waals surface area contributed by atoms with E-state index in [0.29, 0.717) is 5.92 Å². The highest BCUT2D eigenvalue weighted by Crippen LogP contribution is 2.44. The monoisotopic (exact) mass is 443 g/mol. The van der Waals surface area contributed by atoms with Crippen molar-refractivity contribution in [1.82, 2.24) is 5.32 Å². The van der Waals surface area contributed by atoms with Crippen LogP contribution in [0.2, 0.25) is 0 Å². The van der Waals surface area contributed by atoms with E-state index in [1.54, 1.807) is 5.56 Å². The van der Waals surface area contributed by atoms with Crippen molar-refractivity contribution in [2.45, 2.75) is 97.8 Å². The molecule has 0 radical (unpaired) electrons. The lowest BCUT2D eigenvalue weighted by Gasteiger charge is -2.36. The van der Waals surface area contributed by atoms with Crippen LogP contribution in [0.1, 0.15) is 112 Å². The first-order valence-corrected chi connectivity index (χ1v) is 13.0. The van der Waals surface area contributed by atoms with Gasteiger partial charge in [0.2, 0.25) is 0 Å². The molecule has 1 aliphatic rings. The Bertz CT molecular complexity index is 986. The molecule has 0 saturated heterocycles. The molecule has 1 fully saturated rings. The van der Waals surface area contributed by atoms with Gasteiger partial charge in [-0.1, -0.05) is 81.3 Å². The number of hydrogen-bond acceptors (Lipinski definition) is 1. The third-order valence-corrected chi connectivity index (χ3v) is 8.23. The molecular weight excluding hydrogens is 398 g/mol. The highest BCUT2D eigenvalue weighted by atomic mass is 14.9. The number of rotatable bonds is 10. The largest absolute Gasteiger partial charge is 0.385 e. The van der Waals surface area contributed by atoms with Crippen LogP contribution in [0.15, 0.2) is 54.6 Å². The Hall–Kier alpha value is -2.28. The van der Waals surface area contributed by atoms with Crippen molar-refractivity contribution in [1.29, 1.82) is 0 Å². The van der Waals surface area contributed by atoms with Crippen LogP contribution in [0, 0.1) is 13.8 Å². The standard InChI is InChI=1S/C32H45N/c1-9-24(5)32(7,8)31-21-29(23(4)20-30(31)28-12-11-13-28)25(6)33-19-18-26(10-2)27-16-14-22(3)15-17-27/h9,14-17,20-21,26,28,33H,6,10-13,18-19H2,1-5,7-8H3/b24-9-. The Balaban J connectivity index is 1.79. The van der Waals surface area contributed by atoms with E-state index >= 15 is 0 Å². The molecule has 1 aliphatic carbocycles. The molecule has 1 saturated carbocycles. The van der Waals surface area contributed by atoms with Crippen LogP contribution < -0.4 is 5.32 Å². The van der Waals surface area contributed by atoms with Gasteiger partial charge < -0.3 is 5.32 Å². The second kappa shape index (κ2) is 10.8. The Morgan fingerprint density at radius 2 is 1.82 bits per heavy atom. The Morgan fingerprint density at radius 3 is 2.36 bits per heavy atom. The summed E-state index contributed by atoms with van der Waals surface area (Å²) in [6.07, 6.45) is 8.57. The van der Waals surface area contributed by atoms with Crippen molar-refractivity contribution in [2.75, 3.05) is 6.54 Å². The van der Waals surface area contributed by atoms with Crippen molar-refractivity contribution in [3.63, 3.8) is 0 Å². The lowest BCUT2D eigenvalue weighted by molar-refractivity contribution is 0.411. The van der Waals surface area contributed by atoms with Crippen LogP contribution in [0.4, 0.5) is 0 Å². The van der Waals surface area contributed by atoms with Crippen molar-refractivity contribution in [2.24, 2.45) is 0 Å². The summed E-state index contributed by atoms with van der Waals surface area (Å²) in [5.74, 6) is 1.30. The molecule has 1 atom stereocenters. The van der Waals surface area contributed by atoms with Gasteiger partial charge >= 0.3 is 0 Å². The maximum Gasteiger partial charge on any atom is 0.0343 e. The summed E-state index contributed by atoms with van der Waals surface area (Å²) in [4.78, 5) is 0. The van der Waals surface area contributed by atoms with Crippen LogP contribution in [-0.2, 0) is 5.41 Å². The molecule has 1 heteroatoms. The van der Waals surface area contributed by atoms with Gasteiger partial charge in [-0.15, -0.1) is 0 Å². The van der Waals surface area contributed by atoms with Gasteiger partial charge in [-0.25, -0.2) is 0 Å². The lowest BCUT2D eigenvalue weighted by Crippen LogP contribution is -2.25. The predicted octanol–water partition coefficient (Wildman–Crippen LogP) is 8.96. The van der Waals surface area contributed by atoms with Crippen molar-refractivity contribution in [3.05, 3.63) is 88.0 Å². The summed E-state index contributed by atoms with van der Waals surface area (Å²) in [6.45, 7) is 21.3. The smallest absolute Gasteiger partial charge is 0.0343 e. The van der Waals surface area contributed by atoms with Crippen LogP contribution in [-0.4, -0.2) is 6.54 Å². The number of allylic oxidation sites excluding steroid dienone is 2. The average molecular weight is 444 g/mol. The summed E-state index contributed by atoms with van der Waals surface area (Å²) < 4.78 is 0. The van der Waals surface area contributed by atoms with Gasteiger partial charge in [0, 0.05) is 23.2 Å². The van der Waals surface area contributed by atoms with E-state index in [4.69, 9.17) is 0 Å². The first-order valence-electron chi connectivity index (χ1n) is 13.0. The summed E-state index contributed by atoms with van der Waals surface area (Å²) in [5.41, 5.74) is 11.0. The van der Waals surface area contributed by atoms with Crippen molar-refractivity contribution < 1.29 is 0 Å². The highest BCUT2D eigenvalue weighted by molar-refractivity contribution is 5.67. The zero-order valence-electron chi connectivity index (χ0n) is 22.1. The minimum Gasteiger partial charge on any atom is -0.385 e. The summed E-state index contributed by atoms with van der Waals surface area (Å²) >= 11 is 0. The number of aryl methyl sites for hydroxylation is 2. The molecular formula is C32H45N. The van der Waals surface area contributed by atoms with E-state index in [0.717, 1.165) is 31.0 Å². The highest BCUT2D eigenvalue weighted by Gasteiger charge is 2.31. The van der Waals surface area contributed by atoms with Gasteiger partial charge in [0.15, 0.2) is 0 Å². The quantitative estimate of drug-likeness (QED) is 0.361. The normalized spacial score (nSPS) is 15.8. The maximum atomic E-state index is 4.46. The fourth-order valence-corrected chi connectivity index (χ4v) is 5.16. The van der Waals surface area contributed by atoms with Crippen LogP contribution in [0.5, 0.6) is 0 Å². The second-order valence-electron chi connectivity index (χ2n) is 10.7. The molecule has 3 rings (SSSR count). The first kappa shape index (κ1) is 25.3. The van der Waals surface area contributed by atoms with Crippen LogP contribution in [0.25, 0.3) is 5.70 Å². The number of benzene rings is 2. The van der Waals surface area contributed by atoms with E-state index < -0.39 is 0 Å². The van der Waals surface area contributed by atoms with Gasteiger partial charge in [-0.3, -0.25) is 0 Å². The van der Waals surface area contributed by atoms with E-state index in [9.17, 15) is 0 Å². The van der Waals surface area contributed by atoms with Gasteiger partial charge in [0.1, 0.15) is 0 Å². The van der Waals surface area contributed by atoms with Crippen molar-refractivity contribution >= 4 is 5.70 Å². The van der Waals surface area contributed by atoms with Gasteiger partial charge in [-0.05, 0) is 93.5 Å². The molecule has 2 aromatic carbocycles. The minimum atomic E-state index is 0.0289. The average Bonchev–Trinajstić information content (AvgIpc) is 2.75. The third-order valence-electron chi connectivity index (χ3n) is 8.23. The van der Waals surface area contributed by atoms with E-state index in [1.807, 2.05) is 0 Å². The van der Waals surface area contributed by atoms with E-state index in [1.165, 1.54) is 52.7 Å². The molecule has 178 valence electrons. The molecule has 1 N–H and O–H groups in total. The third kappa shape index (κ3) is 5.62. The van der Waals surface area contributed by atoms with Gasteiger partial charge in [-0.2, -0.15) is 0 Å². The zero-order chi connectivity index (χ0) is 24.2. The molecule has 0 aromatic heterocycles. The molecule has 2 aromatic rings. The SMILES string of the molecule is C=C(NCCC(CC)c1ccc(C)cc1)c1cc(C(C)(C)/C(C)=C\C)c(C2CCC2)cc1C. The second-order valence-corrected chi connectivity index (χ2v) is 10.7. The van der Waals surface area contributed by atoms with Gasteiger partial charge in [0.25, 0.3) is 0 Å². The van der Waals surface area contributed by atoms with E-state index in [-0.39, 0.29) is 5.41 Å². The maximum absolute atomic E-state index is 4.46. The minimum absolute atomic E-state index is 0.0289. The fraction of sp³-hybridized carbons (Fsp3) is 0.500. The molecule has 33 heavy (non-hydrogen) atoms. The predicted molar refractivity (Wildman–Crippen MR) is 146 cm³/mol. The Kier molecular flexibility index (Phi) is 8.27. The molecule has 0 aliphatic heterocycles. The Morgan fingerprint density at radius 1 is 1.15 bits per heavy atom. The number of nitrogens with one attached hydrogen (secondary N) is 1. The van der Waals surface area contributed by atoms with Crippen LogP contribution >= 0.6 is 0 Å². The topological polar surface area (TPSA) is 12.0 Å². The molecule has 1 unspecified atom stereocenters. The molecule has 0 spiro atoms.